The van der Waals surface area contributed by atoms with E-state index >= 15 is 0 Å². The molecule has 0 spiro atoms. The number of carbonyl (C=O) groups excluding carboxylic acids is 2. The summed E-state index contributed by atoms with van der Waals surface area (Å²) in [4.78, 5) is 24.6. The van der Waals surface area contributed by atoms with Gasteiger partial charge in [0.15, 0.2) is 11.6 Å². The van der Waals surface area contributed by atoms with Gasteiger partial charge in [-0.05, 0) is 42.0 Å². The molecule has 3 aromatic rings. The standard InChI is InChI=1S/C21H16ClF2N5O4S2/c1-25-12-4-2-11(3-5-12)16-10-18(30)29(27-16)20-14(23)8-13(9-15(20)24)26-21(31)28-35(32,33)19-7-6-17(22)34-19/h2-9,25H,10H2,1H3,(H2,26,28,31). The Morgan fingerprint density at radius 2 is 1.74 bits per heavy atom. The Bertz CT molecular complexity index is 1440. The average Bonchev–Trinajstić information content (AvgIpc) is 3.39. The van der Waals surface area contributed by atoms with Crippen LogP contribution in [0.15, 0.2) is 57.8 Å². The van der Waals surface area contributed by atoms with Gasteiger partial charge in [-0.25, -0.2) is 26.7 Å². The van der Waals surface area contributed by atoms with Crippen LogP contribution in [0.1, 0.15) is 12.0 Å². The van der Waals surface area contributed by atoms with Crippen LogP contribution in [-0.2, 0) is 14.8 Å². The van der Waals surface area contributed by atoms with E-state index < -0.39 is 39.3 Å². The summed E-state index contributed by atoms with van der Waals surface area (Å²) < 4.78 is 55.7. The van der Waals surface area contributed by atoms with Crippen LogP contribution in [0, 0.1) is 11.6 Å². The molecule has 0 aliphatic carbocycles. The predicted molar refractivity (Wildman–Crippen MR) is 130 cm³/mol. The highest BCUT2D eigenvalue weighted by molar-refractivity contribution is 7.92. The molecule has 1 aliphatic rings. The first-order valence-electron chi connectivity index (χ1n) is 9.84. The highest BCUT2D eigenvalue weighted by Crippen LogP contribution is 2.31. The lowest BCUT2D eigenvalue weighted by Crippen LogP contribution is -2.34. The Hall–Kier alpha value is -3.55. The molecule has 1 aliphatic heterocycles. The fraction of sp³-hybridized carbons (Fsp3) is 0.0952. The number of hydrogen-bond donors (Lipinski definition) is 3. The summed E-state index contributed by atoms with van der Waals surface area (Å²) >= 11 is 6.43. The first-order valence-corrected chi connectivity index (χ1v) is 12.5. The van der Waals surface area contributed by atoms with E-state index in [-0.39, 0.29) is 20.7 Å². The Balaban J connectivity index is 1.53. The quantitative estimate of drug-likeness (QED) is 0.429. The van der Waals surface area contributed by atoms with E-state index in [9.17, 15) is 26.8 Å². The minimum Gasteiger partial charge on any atom is -0.388 e. The molecule has 0 radical (unpaired) electrons. The lowest BCUT2D eigenvalue weighted by molar-refractivity contribution is -0.117. The number of sulfonamides is 1. The third-order valence-corrected chi connectivity index (χ3v) is 7.86. The summed E-state index contributed by atoms with van der Waals surface area (Å²) in [5.74, 6) is -3.01. The molecular formula is C21H16ClF2N5O4S2. The predicted octanol–water partition coefficient (Wildman–Crippen LogP) is 4.37. The van der Waals surface area contributed by atoms with Crippen LogP contribution >= 0.6 is 22.9 Å². The van der Waals surface area contributed by atoms with Crippen molar-refractivity contribution in [1.82, 2.24) is 4.72 Å². The molecule has 182 valence electrons. The third-order valence-electron chi connectivity index (χ3n) is 4.81. The van der Waals surface area contributed by atoms with Gasteiger partial charge in [0.2, 0.25) is 0 Å². The molecule has 2 aromatic carbocycles. The highest BCUT2D eigenvalue weighted by Gasteiger charge is 2.31. The van der Waals surface area contributed by atoms with Gasteiger partial charge in [-0.15, -0.1) is 11.3 Å². The molecule has 1 aromatic heterocycles. The zero-order valence-corrected chi connectivity index (χ0v) is 20.2. The largest absolute Gasteiger partial charge is 0.388 e. The maximum atomic E-state index is 14.8. The van der Waals surface area contributed by atoms with Crippen LogP contribution in [0.2, 0.25) is 4.34 Å². The first kappa shape index (κ1) is 24.6. The van der Waals surface area contributed by atoms with Crippen molar-refractivity contribution in [3.8, 4) is 0 Å². The Labute approximate surface area is 207 Å². The monoisotopic (exact) mass is 539 g/mol. The van der Waals surface area contributed by atoms with Gasteiger partial charge >= 0.3 is 6.03 Å². The van der Waals surface area contributed by atoms with Crippen LogP contribution in [0.5, 0.6) is 0 Å². The van der Waals surface area contributed by atoms with E-state index in [1.54, 1.807) is 36.0 Å². The Morgan fingerprint density at radius 3 is 2.31 bits per heavy atom. The van der Waals surface area contributed by atoms with Crippen LogP contribution in [-0.4, -0.2) is 33.1 Å². The molecule has 9 nitrogen and oxygen atoms in total. The topological polar surface area (TPSA) is 120 Å². The van der Waals surface area contributed by atoms with Crippen LogP contribution in [0.3, 0.4) is 0 Å². The molecule has 35 heavy (non-hydrogen) atoms. The lowest BCUT2D eigenvalue weighted by atomic mass is 10.1. The van der Waals surface area contributed by atoms with E-state index in [2.05, 4.69) is 10.4 Å². The second-order valence-electron chi connectivity index (χ2n) is 7.16. The molecule has 0 saturated heterocycles. The van der Waals surface area contributed by atoms with E-state index in [4.69, 9.17) is 11.6 Å². The van der Waals surface area contributed by atoms with Crippen molar-refractivity contribution in [3.63, 3.8) is 0 Å². The molecular weight excluding hydrogens is 524 g/mol. The summed E-state index contributed by atoms with van der Waals surface area (Å²) in [6.07, 6.45) is -0.162. The number of urea groups is 1. The van der Waals surface area contributed by atoms with Gasteiger partial charge in [0.05, 0.1) is 16.5 Å². The Morgan fingerprint density at radius 1 is 1.09 bits per heavy atom. The third kappa shape index (κ3) is 5.26. The van der Waals surface area contributed by atoms with Crippen molar-refractivity contribution in [2.75, 3.05) is 22.7 Å². The van der Waals surface area contributed by atoms with Crippen molar-refractivity contribution in [3.05, 3.63) is 70.1 Å². The molecule has 0 bridgehead atoms. The number of thiophene rings is 1. The molecule has 3 amide bonds. The van der Waals surface area contributed by atoms with E-state index in [1.807, 2.05) is 5.32 Å². The Kier molecular flexibility index (Phi) is 6.74. The second-order valence-corrected chi connectivity index (χ2v) is 10.8. The van der Waals surface area contributed by atoms with Gasteiger partial charge in [0.25, 0.3) is 15.9 Å². The minimum atomic E-state index is -4.23. The summed E-state index contributed by atoms with van der Waals surface area (Å²) in [7, 11) is -2.48. The number of hydrogen-bond acceptors (Lipinski definition) is 7. The zero-order valence-electron chi connectivity index (χ0n) is 17.8. The number of carbonyl (C=O) groups is 2. The number of nitrogens with zero attached hydrogens (tertiary/aromatic N) is 2. The van der Waals surface area contributed by atoms with Gasteiger partial charge in [-0.1, -0.05) is 23.7 Å². The highest BCUT2D eigenvalue weighted by atomic mass is 35.5. The lowest BCUT2D eigenvalue weighted by Gasteiger charge is -2.15. The summed E-state index contributed by atoms with van der Waals surface area (Å²) in [6.45, 7) is 0. The van der Waals surface area contributed by atoms with E-state index in [0.717, 1.165) is 29.2 Å². The SMILES string of the molecule is CNc1ccc(C2=NN(c3c(F)cc(NC(=O)NS(=O)(=O)c4ccc(Cl)s4)cc3F)C(=O)C2)cc1. The number of rotatable bonds is 6. The number of hydrazone groups is 1. The molecule has 0 saturated carbocycles. The van der Waals surface area contributed by atoms with Crippen LogP contribution < -0.4 is 20.4 Å². The number of benzene rings is 2. The van der Waals surface area contributed by atoms with Crippen molar-refractivity contribution in [1.29, 1.82) is 0 Å². The zero-order chi connectivity index (χ0) is 25.3. The fourth-order valence-corrected chi connectivity index (χ4v) is 5.59. The van der Waals surface area contributed by atoms with E-state index in [1.165, 1.54) is 12.1 Å². The molecule has 0 unspecified atom stereocenters. The van der Waals surface area contributed by atoms with Crippen molar-refractivity contribution in [2.24, 2.45) is 5.10 Å². The molecule has 0 fully saturated rings. The minimum absolute atomic E-state index is 0.162. The van der Waals surface area contributed by atoms with Gasteiger partial charge in [0, 0.05) is 18.4 Å². The number of amides is 3. The number of anilines is 3. The maximum Gasteiger partial charge on any atom is 0.333 e. The van der Waals surface area contributed by atoms with E-state index in [0.29, 0.717) is 16.3 Å². The van der Waals surface area contributed by atoms with Gasteiger partial charge < -0.3 is 10.6 Å². The summed E-state index contributed by atoms with van der Waals surface area (Å²) in [5.41, 5.74) is 0.690. The second kappa shape index (κ2) is 9.60. The van der Waals surface area contributed by atoms with Crippen molar-refractivity contribution < 1.29 is 26.8 Å². The normalized spacial score (nSPS) is 13.5. The first-order chi connectivity index (χ1) is 16.6. The van der Waals surface area contributed by atoms with Crippen molar-refractivity contribution in [2.45, 2.75) is 10.6 Å². The average molecular weight is 540 g/mol. The fourth-order valence-electron chi connectivity index (χ4n) is 3.20. The number of nitrogens with one attached hydrogen (secondary N) is 3. The van der Waals surface area contributed by atoms with Crippen molar-refractivity contribution >= 4 is 67.7 Å². The molecule has 2 heterocycles. The smallest absolute Gasteiger partial charge is 0.333 e. The van der Waals surface area contributed by atoms with Crippen LogP contribution in [0.4, 0.5) is 30.6 Å². The van der Waals surface area contributed by atoms with Crippen LogP contribution in [0.25, 0.3) is 0 Å². The molecule has 4 rings (SSSR count). The molecule has 3 N–H and O–H groups in total. The van der Waals surface area contributed by atoms with Gasteiger partial charge in [-0.3, -0.25) is 4.79 Å². The van der Waals surface area contributed by atoms with Gasteiger partial charge in [-0.2, -0.15) is 10.1 Å². The molecule has 0 atom stereocenters. The maximum absolute atomic E-state index is 14.8. The number of halogens is 3. The molecule has 14 heteroatoms. The van der Waals surface area contributed by atoms with Gasteiger partial charge in [0.1, 0.15) is 9.90 Å². The summed E-state index contributed by atoms with van der Waals surface area (Å²) in [6, 6.07) is 9.76. The summed E-state index contributed by atoms with van der Waals surface area (Å²) in [5, 5.41) is 9.70.